The summed E-state index contributed by atoms with van der Waals surface area (Å²) in [5, 5.41) is 5.81. The van der Waals surface area contributed by atoms with Crippen molar-refractivity contribution in [3.05, 3.63) is 42.5 Å². The molecule has 1 aromatic carbocycles. The lowest BCUT2D eigenvalue weighted by molar-refractivity contribution is -0.121. The van der Waals surface area contributed by atoms with Gasteiger partial charge in [0.1, 0.15) is 12.4 Å². The average molecular weight is 285 g/mol. The molecule has 1 aromatic rings. The number of para-hydroxylation sites is 1. The Bertz CT molecular complexity index is 397. The zero-order chi connectivity index (χ0) is 13.2. The Kier molecular flexibility index (Phi) is 9.57. The first-order valence-electron chi connectivity index (χ1n) is 6.00. The first-order valence-corrected chi connectivity index (χ1v) is 6.00. The number of benzene rings is 1. The quantitative estimate of drug-likeness (QED) is 0.717. The van der Waals surface area contributed by atoms with E-state index >= 15 is 0 Å². The molecule has 1 amide bonds. The van der Waals surface area contributed by atoms with Crippen molar-refractivity contribution >= 4 is 18.3 Å². The number of carbonyl (C=O) groups excluding carboxylic acids is 1. The van der Waals surface area contributed by atoms with E-state index in [1.807, 2.05) is 31.3 Å². The van der Waals surface area contributed by atoms with Gasteiger partial charge in [-0.1, -0.05) is 30.9 Å². The van der Waals surface area contributed by atoms with Crippen molar-refractivity contribution in [3.63, 3.8) is 0 Å². The third kappa shape index (κ3) is 6.84. The molecule has 0 fully saturated rings. The fraction of sp³-hybridized carbons (Fsp3) is 0.357. The van der Waals surface area contributed by atoms with Crippen molar-refractivity contribution < 1.29 is 9.53 Å². The molecule has 0 atom stereocenters. The van der Waals surface area contributed by atoms with Gasteiger partial charge in [-0.15, -0.1) is 12.4 Å². The van der Waals surface area contributed by atoms with Crippen LogP contribution in [-0.2, 0) is 11.3 Å². The molecule has 0 radical (unpaired) electrons. The van der Waals surface area contributed by atoms with E-state index in [9.17, 15) is 4.79 Å². The highest BCUT2D eigenvalue weighted by molar-refractivity contribution is 5.85. The minimum Gasteiger partial charge on any atom is -0.489 e. The summed E-state index contributed by atoms with van der Waals surface area (Å²) in [5.74, 6) is 0.814. The molecule has 0 aromatic heterocycles. The minimum absolute atomic E-state index is 0. The van der Waals surface area contributed by atoms with Crippen LogP contribution in [0.3, 0.4) is 0 Å². The van der Waals surface area contributed by atoms with Crippen molar-refractivity contribution in [2.24, 2.45) is 0 Å². The predicted octanol–water partition coefficient (Wildman–Crippen LogP) is 1.90. The summed E-state index contributed by atoms with van der Waals surface area (Å²) in [5.41, 5.74) is 0.970. The number of hydrogen-bond donors (Lipinski definition) is 2. The van der Waals surface area contributed by atoms with Gasteiger partial charge >= 0.3 is 0 Å². The Hall–Kier alpha value is -1.52. The molecule has 19 heavy (non-hydrogen) atoms. The second kappa shape index (κ2) is 10.4. The van der Waals surface area contributed by atoms with Gasteiger partial charge in [-0.25, -0.2) is 0 Å². The molecule has 0 aliphatic carbocycles. The summed E-state index contributed by atoms with van der Waals surface area (Å²) in [7, 11) is 1.83. The Morgan fingerprint density at radius 1 is 1.42 bits per heavy atom. The molecule has 0 heterocycles. The smallest absolute Gasteiger partial charge is 0.221 e. The second-order valence-electron chi connectivity index (χ2n) is 3.84. The fourth-order valence-electron chi connectivity index (χ4n) is 1.46. The van der Waals surface area contributed by atoms with Gasteiger partial charge in [-0.05, 0) is 13.1 Å². The molecule has 5 heteroatoms. The molecule has 0 unspecified atom stereocenters. The summed E-state index contributed by atoms with van der Waals surface area (Å²) >= 11 is 0. The van der Waals surface area contributed by atoms with E-state index in [-0.39, 0.29) is 18.3 Å². The number of amides is 1. The van der Waals surface area contributed by atoms with Crippen LogP contribution in [0.1, 0.15) is 12.0 Å². The number of nitrogens with one attached hydrogen (secondary N) is 2. The third-order valence-corrected chi connectivity index (χ3v) is 2.41. The molecule has 0 bridgehead atoms. The highest BCUT2D eigenvalue weighted by atomic mass is 35.5. The standard InChI is InChI=1S/C14H20N2O2.ClH/c1-3-10-18-13-7-5-4-6-12(13)11-16-14(17)8-9-15-2;/h3-7,15H,1,8-11H2,2H3,(H,16,17);1H. The molecule has 0 spiro atoms. The Morgan fingerprint density at radius 3 is 2.84 bits per heavy atom. The van der Waals surface area contributed by atoms with Crippen LogP contribution in [0.25, 0.3) is 0 Å². The Labute approximate surface area is 120 Å². The van der Waals surface area contributed by atoms with Crippen LogP contribution in [0.15, 0.2) is 36.9 Å². The van der Waals surface area contributed by atoms with Gasteiger partial charge < -0.3 is 15.4 Å². The van der Waals surface area contributed by atoms with Crippen molar-refractivity contribution in [1.82, 2.24) is 10.6 Å². The van der Waals surface area contributed by atoms with E-state index in [0.717, 1.165) is 11.3 Å². The second-order valence-corrected chi connectivity index (χ2v) is 3.84. The third-order valence-electron chi connectivity index (χ3n) is 2.41. The molecule has 0 saturated heterocycles. The lowest BCUT2D eigenvalue weighted by atomic mass is 10.2. The van der Waals surface area contributed by atoms with Gasteiger partial charge in [0.2, 0.25) is 5.91 Å². The summed E-state index contributed by atoms with van der Waals surface area (Å²) < 4.78 is 5.52. The van der Waals surface area contributed by atoms with Crippen LogP contribution in [0, 0.1) is 0 Å². The minimum atomic E-state index is 0. The van der Waals surface area contributed by atoms with E-state index < -0.39 is 0 Å². The molecule has 4 nitrogen and oxygen atoms in total. The molecular weight excluding hydrogens is 264 g/mol. The van der Waals surface area contributed by atoms with Crippen LogP contribution >= 0.6 is 12.4 Å². The molecule has 0 aliphatic heterocycles. The average Bonchev–Trinajstić information content (AvgIpc) is 2.41. The predicted molar refractivity (Wildman–Crippen MR) is 79.8 cm³/mol. The largest absolute Gasteiger partial charge is 0.489 e. The van der Waals surface area contributed by atoms with Crippen LogP contribution in [-0.4, -0.2) is 26.1 Å². The molecule has 1 rings (SSSR count). The van der Waals surface area contributed by atoms with Crippen LogP contribution < -0.4 is 15.4 Å². The van der Waals surface area contributed by atoms with Gasteiger partial charge in [0, 0.05) is 25.1 Å². The number of halogens is 1. The highest BCUT2D eigenvalue weighted by Gasteiger charge is 2.04. The zero-order valence-electron chi connectivity index (χ0n) is 11.1. The van der Waals surface area contributed by atoms with Gasteiger partial charge in [-0.3, -0.25) is 4.79 Å². The Morgan fingerprint density at radius 2 is 2.16 bits per heavy atom. The van der Waals surface area contributed by atoms with E-state index in [1.54, 1.807) is 6.08 Å². The van der Waals surface area contributed by atoms with Crippen molar-refractivity contribution in [2.75, 3.05) is 20.2 Å². The van der Waals surface area contributed by atoms with E-state index in [4.69, 9.17) is 4.74 Å². The van der Waals surface area contributed by atoms with Crippen molar-refractivity contribution in [2.45, 2.75) is 13.0 Å². The number of rotatable bonds is 8. The fourth-order valence-corrected chi connectivity index (χ4v) is 1.46. The Balaban J connectivity index is 0.00000324. The van der Waals surface area contributed by atoms with Crippen molar-refractivity contribution in [3.8, 4) is 5.75 Å². The normalized spacial score (nSPS) is 9.32. The van der Waals surface area contributed by atoms with Crippen LogP contribution in [0.5, 0.6) is 5.75 Å². The molecule has 0 aliphatic rings. The monoisotopic (exact) mass is 284 g/mol. The maximum Gasteiger partial charge on any atom is 0.221 e. The summed E-state index contributed by atoms with van der Waals surface area (Å²) in [6.45, 7) is 5.24. The summed E-state index contributed by atoms with van der Waals surface area (Å²) in [6.07, 6.45) is 2.18. The van der Waals surface area contributed by atoms with Crippen LogP contribution in [0.4, 0.5) is 0 Å². The van der Waals surface area contributed by atoms with Crippen molar-refractivity contribution in [1.29, 1.82) is 0 Å². The van der Waals surface area contributed by atoms with Gasteiger partial charge in [0.05, 0.1) is 0 Å². The summed E-state index contributed by atoms with van der Waals surface area (Å²) in [6, 6.07) is 7.66. The van der Waals surface area contributed by atoms with Gasteiger partial charge in [0.25, 0.3) is 0 Å². The van der Waals surface area contributed by atoms with E-state index in [1.165, 1.54) is 0 Å². The summed E-state index contributed by atoms with van der Waals surface area (Å²) in [4.78, 5) is 11.5. The molecule has 0 saturated carbocycles. The van der Waals surface area contributed by atoms with E-state index in [0.29, 0.717) is 26.1 Å². The SMILES string of the molecule is C=CCOc1ccccc1CNC(=O)CCNC.Cl. The zero-order valence-corrected chi connectivity index (χ0v) is 12.0. The molecular formula is C14H21ClN2O2. The molecule has 2 N–H and O–H groups in total. The van der Waals surface area contributed by atoms with Crippen LogP contribution in [0.2, 0.25) is 0 Å². The number of carbonyl (C=O) groups is 1. The molecule has 106 valence electrons. The lowest BCUT2D eigenvalue weighted by Crippen LogP contribution is -2.26. The first kappa shape index (κ1) is 17.5. The highest BCUT2D eigenvalue weighted by Crippen LogP contribution is 2.17. The number of ether oxygens (including phenoxy) is 1. The first-order chi connectivity index (χ1) is 8.77. The maximum absolute atomic E-state index is 11.5. The topological polar surface area (TPSA) is 50.4 Å². The van der Waals surface area contributed by atoms with Gasteiger partial charge in [-0.2, -0.15) is 0 Å². The van der Waals surface area contributed by atoms with E-state index in [2.05, 4.69) is 17.2 Å². The van der Waals surface area contributed by atoms with Gasteiger partial charge in [0.15, 0.2) is 0 Å². The maximum atomic E-state index is 11.5. The number of hydrogen-bond acceptors (Lipinski definition) is 3. The lowest BCUT2D eigenvalue weighted by Gasteiger charge is -2.11.